The first-order valence-electron chi connectivity index (χ1n) is 5.60. The first kappa shape index (κ1) is 14.6. The SMILES string of the molecule is CCNc1nc(NC(C)(C)C)nc(S(C)(=O)=O)n1. The molecule has 0 atom stereocenters. The zero-order valence-electron chi connectivity index (χ0n) is 11.3. The lowest BCUT2D eigenvalue weighted by atomic mass is 10.1. The fourth-order valence-electron chi connectivity index (χ4n) is 1.15. The van der Waals surface area contributed by atoms with Crippen molar-refractivity contribution in [2.75, 3.05) is 23.4 Å². The van der Waals surface area contributed by atoms with E-state index in [9.17, 15) is 8.42 Å². The second kappa shape index (κ2) is 5.05. The van der Waals surface area contributed by atoms with Crippen LogP contribution in [0.15, 0.2) is 5.16 Å². The number of hydrogen-bond acceptors (Lipinski definition) is 7. The molecule has 0 saturated heterocycles. The highest BCUT2D eigenvalue weighted by atomic mass is 32.2. The van der Waals surface area contributed by atoms with Crippen LogP contribution in [0.1, 0.15) is 27.7 Å². The molecule has 1 heterocycles. The summed E-state index contributed by atoms with van der Waals surface area (Å²) in [5.41, 5.74) is -0.264. The quantitative estimate of drug-likeness (QED) is 0.841. The Morgan fingerprint density at radius 3 is 2.11 bits per heavy atom. The average Bonchev–Trinajstić information content (AvgIpc) is 2.13. The molecule has 0 aliphatic rings. The van der Waals surface area contributed by atoms with Crippen LogP contribution >= 0.6 is 0 Å². The normalized spacial score (nSPS) is 12.3. The van der Waals surface area contributed by atoms with Gasteiger partial charge in [-0.15, -0.1) is 0 Å². The molecule has 0 unspecified atom stereocenters. The van der Waals surface area contributed by atoms with Crippen LogP contribution in [0.2, 0.25) is 0 Å². The molecule has 0 amide bonds. The van der Waals surface area contributed by atoms with E-state index in [1.165, 1.54) is 0 Å². The maximum absolute atomic E-state index is 11.5. The second-order valence-corrected chi connectivity index (χ2v) is 6.85. The number of nitrogens with one attached hydrogen (secondary N) is 2. The molecule has 8 heteroatoms. The van der Waals surface area contributed by atoms with Crippen LogP contribution in [-0.4, -0.2) is 41.7 Å². The Bertz CT molecular complexity index is 522. The van der Waals surface area contributed by atoms with Gasteiger partial charge in [0.25, 0.3) is 5.16 Å². The molecular weight excluding hydrogens is 254 g/mol. The number of rotatable bonds is 4. The molecule has 0 radical (unpaired) electrons. The highest BCUT2D eigenvalue weighted by molar-refractivity contribution is 7.90. The van der Waals surface area contributed by atoms with Crippen LogP contribution in [0.4, 0.5) is 11.9 Å². The van der Waals surface area contributed by atoms with Crippen molar-refractivity contribution in [1.82, 2.24) is 15.0 Å². The van der Waals surface area contributed by atoms with E-state index in [1.54, 1.807) is 0 Å². The van der Waals surface area contributed by atoms with E-state index >= 15 is 0 Å². The third-order valence-electron chi connectivity index (χ3n) is 1.77. The molecule has 1 aromatic heterocycles. The third kappa shape index (κ3) is 4.44. The van der Waals surface area contributed by atoms with Crippen molar-refractivity contribution in [1.29, 1.82) is 0 Å². The average molecular weight is 273 g/mol. The molecule has 0 aliphatic heterocycles. The van der Waals surface area contributed by atoms with Crippen LogP contribution in [0.5, 0.6) is 0 Å². The predicted octanol–water partition coefficient (Wildman–Crippen LogP) is 0.917. The summed E-state index contributed by atoms with van der Waals surface area (Å²) in [7, 11) is -3.46. The smallest absolute Gasteiger partial charge is 0.253 e. The molecule has 0 aromatic carbocycles. The van der Waals surface area contributed by atoms with Gasteiger partial charge in [-0.1, -0.05) is 0 Å². The number of nitrogens with zero attached hydrogens (tertiary/aromatic N) is 3. The van der Waals surface area contributed by atoms with Gasteiger partial charge in [0.05, 0.1) is 0 Å². The Labute approximate surface area is 107 Å². The molecule has 0 fully saturated rings. The minimum absolute atomic E-state index is 0.236. The molecule has 7 nitrogen and oxygen atoms in total. The highest BCUT2D eigenvalue weighted by Gasteiger charge is 2.18. The van der Waals surface area contributed by atoms with Gasteiger partial charge in [0.2, 0.25) is 21.7 Å². The summed E-state index contributed by atoms with van der Waals surface area (Å²) < 4.78 is 23.0. The Kier molecular flexibility index (Phi) is 4.10. The first-order chi connectivity index (χ1) is 8.12. The Morgan fingerprint density at radius 1 is 1.11 bits per heavy atom. The van der Waals surface area contributed by atoms with E-state index in [1.807, 2.05) is 27.7 Å². The summed E-state index contributed by atoms with van der Waals surface area (Å²) in [6.07, 6.45) is 1.07. The summed E-state index contributed by atoms with van der Waals surface area (Å²) in [6.45, 7) is 8.28. The van der Waals surface area contributed by atoms with E-state index in [0.29, 0.717) is 6.54 Å². The van der Waals surface area contributed by atoms with E-state index in [-0.39, 0.29) is 22.6 Å². The van der Waals surface area contributed by atoms with Crippen LogP contribution in [0.3, 0.4) is 0 Å². The Balaban J connectivity index is 3.22. The number of sulfone groups is 1. The lowest BCUT2D eigenvalue weighted by Gasteiger charge is -2.20. The summed E-state index contributed by atoms with van der Waals surface area (Å²) in [5, 5.41) is 5.67. The minimum atomic E-state index is -3.46. The molecule has 0 bridgehead atoms. The molecule has 0 aliphatic carbocycles. The van der Waals surface area contributed by atoms with Gasteiger partial charge in [0, 0.05) is 18.3 Å². The zero-order chi connectivity index (χ0) is 14.0. The van der Waals surface area contributed by atoms with Crippen LogP contribution < -0.4 is 10.6 Å². The zero-order valence-corrected chi connectivity index (χ0v) is 12.1. The summed E-state index contributed by atoms with van der Waals surface area (Å²) in [4.78, 5) is 11.9. The fraction of sp³-hybridized carbons (Fsp3) is 0.700. The van der Waals surface area contributed by atoms with Crippen molar-refractivity contribution in [3.63, 3.8) is 0 Å². The van der Waals surface area contributed by atoms with Gasteiger partial charge in [-0.25, -0.2) is 8.42 Å². The van der Waals surface area contributed by atoms with Gasteiger partial charge in [0.15, 0.2) is 0 Å². The number of anilines is 2. The van der Waals surface area contributed by atoms with Crippen molar-refractivity contribution in [3.05, 3.63) is 0 Å². The number of aromatic nitrogens is 3. The van der Waals surface area contributed by atoms with E-state index in [4.69, 9.17) is 0 Å². The molecule has 1 aromatic rings. The predicted molar refractivity (Wildman–Crippen MR) is 70.5 cm³/mol. The van der Waals surface area contributed by atoms with Crippen molar-refractivity contribution in [2.45, 2.75) is 38.4 Å². The number of hydrogen-bond donors (Lipinski definition) is 2. The maximum Gasteiger partial charge on any atom is 0.253 e. The van der Waals surface area contributed by atoms with Crippen molar-refractivity contribution in [3.8, 4) is 0 Å². The molecule has 102 valence electrons. The Hall–Kier alpha value is -1.44. The van der Waals surface area contributed by atoms with Gasteiger partial charge in [-0.3, -0.25) is 0 Å². The van der Waals surface area contributed by atoms with Crippen molar-refractivity contribution < 1.29 is 8.42 Å². The third-order valence-corrected chi connectivity index (χ3v) is 2.61. The second-order valence-electron chi connectivity index (χ2n) is 4.94. The van der Waals surface area contributed by atoms with Crippen LogP contribution in [0.25, 0.3) is 0 Å². The van der Waals surface area contributed by atoms with Gasteiger partial charge in [0.1, 0.15) is 0 Å². The highest BCUT2D eigenvalue weighted by Crippen LogP contribution is 2.14. The topological polar surface area (TPSA) is 96.9 Å². The molecule has 2 N–H and O–H groups in total. The summed E-state index contributed by atoms with van der Waals surface area (Å²) in [5.74, 6) is 0.494. The lowest BCUT2D eigenvalue weighted by Crippen LogP contribution is -2.28. The summed E-state index contributed by atoms with van der Waals surface area (Å²) in [6, 6.07) is 0. The largest absolute Gasteiger partial charge is 0.354 e. The van der Waals surface area contributed by atoms with Crippen LogP contribution in [0, 0.1) is 0 Å². The summed E-state index contributed by atoms with van der Waals surface area (Å²) >= 11 is 0. The van der Waals surface area contributed by atoms with E-state index in [0.717, 1.165) is 6.26 Å². The monoisotopic (exact) mass is 273 g/mol. The molecule has 1 rings (SSSR count). The first-order valence-corrected chi connectivity index (χ1v) is 7.49. The minimum Gasteiger partial charge on any atom is -0.354 e. The van der Waals surface area contributed by atoms with Crippen molar-refractivity contribution >= 4 is 21.7 Å². The van der Waals surface area contributed by atoms with E-state index in [2.05, 4.69) is 25.6 Å². The van der Waals surface area contributed by atoms with Gasteiger partial charge in [-0.05, 0) is 27.7 Å². The van der Waals surface area contributed by atoms with E-state index < -0.39 is 9.84 Å². The van der Waals surface area contributed by atoms with Gasteiger partial charge in [-0.2, -0.15) is 15.0 Å². The van der Waals surface area contributed by atoms with Gasteiger partial charge < -0.3 is 10.6 Å². The fourth-order valence-corrected chi connectivity index (χ4v) is 1.66. The molecule has 0 saturated carbocycles. The molecule has 0 spiro atoms. The molecule has 18 heavy (non-hydrogen) atoms. The standard InChI is InChI=1S/C10H19N5O2S/c1-6-11-7-12-8(15-10(2,3)4)14-9(13-7)18(5,16)17/h6H2,1-5H3,(H2,11,12,13,14,15). The maximum atomic E-state index is 11.5. The molecular formula is C10H19N5O2S. The van der Waals surface area contributed by atoms with Crippen molar-refractivity contribution in [2.24, 2.45) is 0 Å². The van der Waals surface area contributed by atoms with Crippen LogP contribution in [-0.2, 0) is 9.84 Å². The Morgan fingerprint density at radius 2 is 1.67 bits per heavy atom. The lowest BCUT2D eigenvalue weighted by molar-refractivity contribution is 0.588. The van der Waals surface area contributed by atoms with Gasteiger partial charge >= 0.3 is 0 Å².